The largest absolute Gasteiger partial charge is 0.208 e. The number of fused-ring (bicyclic) bond motifs is 6. The van der Waals surface area contributed by atoms with E-state index in [1.807, 2.05) is 36.4 Å². The van der Waals surface area contributed by atoms with E-state index in [1.54, 1.807) is 0 Å². The zero-order valence-electron chi connectivity index (χ0n) is 35.7. The molecule has 0 saturated heterocycles. The molecule has 0 fully saturated rings. The maximum absolute atomic E-state index is 5.05. The fourth-order valence-electron chi connectivity index (χ4n) is 10.6. The molecule has 1 aromatic heterocycles. The standard InChI is InChI=1S/C59H45N3/c1-57(2,3)42-25-28-46-47-29-26-43-34-51(47)59(50(46)33-42)52-35-44(58(43,4)5)27-30-48(52)49-24-14-23-45(53(49)59)40-21-12-19-38(31-40)39-20-13-22-41(32-39)56-61-54(36-15-8-6-9-16-36)60-55(62-56)37-17-10-7-11-18-37/h6-35H,1-5H3. The van der Waals surface area contributed by atoms with Gasteiger partial charge in [-0.3, -0.25) is 0 Å². The molecular formula is C59H45N3. The number of rotatable bonds is 5. The Kier molecular flexibility index (Phi) is 7.76. The predicted molar refractivity (Wildman–Crippen MR) is 254 cm³/mol. The summed E-state index contributed by atoms with van der Waals surface area (Å²) in [6, 6.07) is 67.0. The van der Waals surface area contributed by atoms with Crippen molar-refractivity contribution in [3.05, 3.63) is 221 Å². The van der Waals surface area contributed by atoms with Crippen molar-refractivity contribution in [3.8, 4) is 78.7 Å². The Morgan fingerprint density at radius 1 is 0.355 bits per heavy atom. The summed E-state index contributed by atoms with van der Waals surface area (Å²) >= 11 is 0. The molecule has 4 bridgehead atoms. The molecule has 0 saturated carbocycles. The third-order valence-corrected chi connectivity index (χ3v) is 13.9. The SMILES string of the molecule is CC(C)(C)c1ccc2c(c1)C13c4cc(ccc4-2)C(C)(C)c2ccc(c1c2)-c1cccc(-c2cccc(-c4cccc(-c5nc(-c6ccccc6)nc(-c6ccccc6)n5)c4)c2)c13. The lowest BCUT2D eigenvalue weighted by Gasteiger charge is -2.37. The van der Waals surface area contributed by atoms with Crippen molar-refractivity contribution in [3.63, 3.8) is 0 Å². The van der Waals surface area contributed by atoms with Crippen LogP contribution < -0.4 is 0 Å². The summed E-state index contributed by atoms with van der Waals surface area (Å²) in [5.41, 5.74) is 22.0. The highest BCUT2D eigenvalue weighted by Gasteiger charge is 2.54. The molecule has 1 heterocycles. The summed E-state index contributed by atoms with van der Waals surface area (Å²) in [5.74, 6) is 1.96. The van der Waals surface area contributed by atoms with Gasteiger partial charge in [0, 0.05) is 22.1 Å². The first-order valence-electron chi connectivity index (χ1n) is 21.8. The van der Waals surface area contributed by atoms with Crippen LogP contribution >= 0.6 is 0 Å². The van der Waals surface area contributed by atoms with Crippen molar-refractivity contribution < 1.29 is 0 Å². The van der Waals surface area contributed by atoms with Crippen molar-refractivity contribution >= 4 is 0 Å². The van der Waals surface area contributed by atoms with Gasteiger partial charge in [-0.1, -0.05) is 204 Å². The van der Waals surface area contributed by atoms with E-state index in [-0.39, 0.29) is 10.8 Å². The van der Waals surface area contributed by atoms with Crippen molar-refractivity contribution in [2.45, 2.75) is 50.9 Å². The second kappa shape index (κ2) is 13.1. The molecule has 0 N–H and O–H groups in total. The maximum atomic E-state index is 5.05. The van der Waals surface area contributed by atoms with E-state index in [9.17, 15) is 0 Å². The van der Waals surface area contributed by atoms with Gasteiger partial charge in [0.15, 0.2) is 17.5 Å². The molecule has 12 rings (SSSR count). The first-order chi connectivity index (χ1) is 30.1. The molecule has 3 heteroatoms. The van der Waals surface area contributed by atoms with Gasteiger partial charge >= 0.3 is 0 Å². The van der Waals surface area contributed by atoms with Crippen LogP contribution in [0.5, 0.6) is 0 Å². The number of hydrogen-bond acceptors (Lipinski definition) is 3. The van der Waals surface area contributed by atoms with Gasteiger partial charge in [-0.15, -0.1) is 0 Å². The Labute approximate surface area is 363 Å². The Bertz CT molecular complexity index is 3220. The predicted octanol–water partition coefficient (Wildman–Crippen LogP) is 14.5. The van der Waals surface area contributed by atoms with Gasteiger partial charge in [0.05, 0.1) is 5.41 Å². The first-order valence-corrected chi connectivity index (χ1v) is 21.8. The van der Waals surface area contributed by atoms with Crippen LogP contribution in [-0.2, 0) is 16.2 Å². The molecular weight excluding hydrogens is 751 g/mol. The minimum atomic E-state index is -0.461. The van der Waals surface area contributed by atoms with Crippen molar-refractivity contribution in [1.82, 2.24) is 15.0 Å². The monoisotopic (exact) mass is 795 g/mol. The minimum Gasteiger partial charge on any atom is -0.208 e. The van der Waals surface area contributed by atoms with Crippen LogP contribution in [0.15, 0.2) is 182 Å². The smallest absolute Gasteiger partial charge is 0.164 e. The average molecular weight is 796 g/mol. The average Bonchev–Trinajstić information content (AvgIpc) is 3.77. The van der Waals surface area contributed by atoms with E-state index < -0.39 is 5.41 Å². The Hall–Kier alpha value is -7.23. The van der Waals surface area contributed by atoms with Gasteiger partial charge in [-0.05, 0) is 101 Å². The third-order valence-electron chi connectivity index (χ3n) is 13.9. The molecule has 1 atom stereocenters. The molecule has 0 aliphatic heterocycles. The summed E-state index contributed by atoms with van der Waals surface area (Å²) in [6.45, 7) is 11.8. The van der Waals surface area contributed by atoms with Gasteiger partial charge in [0.2, 0.25) is 0 Å². The quantitative estimate of drug-likeness (QED) is 0.174. The number of nitrogens with zero attached hydrogens (tertiary/aromatic N) is 3. The van der Waals surface area contributed by atoms with Gasteiger partial charge in [-0.2, -0.15) is 0 Å². The van der Waals surface area contributed by atoms with Crippen LogP contribution in [0.3, 0.4) is 0 Å². The van der Waals surface area contributed by atoms with Crippen LogP contribution in [0, 0.1) is 0 Å². The number of benzene rings is 8. The lowest BCUT2D eigenvalue weighted by Crippen LogP contribution is -2.31. The van der Waals surface area contributed by atoms with Gasteiger partial charge in [0.25, 0.3) is 0 Å². The molecule has 1 spiro atoms. The molecule has 3 nitrogen and oxygen atoms in total. The van der Waals surface area contributed by atoms with Crippen molar-refractivity contribution in [1.29, 1.82) is 0 Å². The summed E-state index contributed by atoms with van der Waals surface area (Å²) in [7, 11) is 0. The molecule has 3 aliphatic carbocycles. The van der Waals surface area contributed by atoms with Crippen LogP contribution in [0.2, 0.25) is 0 Å². The van der Waals surface area contributed by atoms with Gasteiger partial charge in [0.1, 0.15) is 0 Å². The molecule has 0 radical (unpaired) electrons. The molecule has 8 aromatic carbocycles. The summed E-state index contributed by atoms with van der Waals surface area (Å²) in [4.78, 5) is 15.0. The zero-order chi connectivity index (χ0) is 42.0. The molecule has 296 valence electrons. The van der Waals surface area contributed by atoms with Crippen LogP contribution in [-0.4, -0.2) is 15.0 Å². The van der Waals surface area contributed by atoms with E-state index in [2.05, 4.69) is 180 Å². The Balaban J connectivity index is 1.04. The second-order valence-electron chi connectivity index (χ2n) is 18.8. The van der Waals surface area contributed by atoms with E-state index in [4.69, 9.17) is 15.0 Å². The second-order valence-corrected chi connectivity index (χ2v) is 18.8. The number of hydrogen-bond donors (Lipinski definition) is 0. The summed E-state index contributed by atoms with van der Waals surface area (Å²) < 4.78 is 0. The normalized spacial score (nSPS) is 16.0. The number of aromatic nitrogens is 3. The van der Waals surface area contributed by atoms with Gasteiger partial charge in [-0.25, -0.2) is 15.0 Å². The van der Waals surface area contributed by atoms with E-state index in [1.165, 1.54) is 72.3 Å². The molecule has 3 aliphatic rings. The molecule has 0 amide bonds. The van der Waals surface area contributed by atoms with E-state index >= 15 is 0 Å². The van der Waals surface area contributed by atoms with Crippen molar-refractivity contribution in [2.75, 3.05) is 0 Å². The molecule has 62 heavy (non-hydrogen) atoms. The van der Waals surface area contributed by atoms with Gasteiger partial charge < -0.3 is 0 Å². The highest BCUT2D eigenvalue weighted by molar-refractivity contribution is 5.99. The maximum Gasteiger partial charge on any atom is 0.164 e. The van der Waals surface area contributed by atoms with E-state index in [0.717, 1.165) is 27.8 Å². The highest BCUT2D eigenvalue weighted by atomic mass is 15.0. The Morgan fingerprint density at radius 2 is 0.790 bits per heavy atom. The highest BCUT2D eigenvalue weighted by Crippen LogP contribution is 2.66. The minimum absolute atomic E-state index is 0.00273. The van der Waals surface area contributed by atoms with Crippen LogP contribution in [0.1, 0.15) is 73.6 Å². The first kappa shape index (κ1) is 36.6. The van der Waals surface area contributed by atoms with Crippen LogP contribution in [0.25, 0.3) is 78.7 Å². The fourth-order valence-corrected chi connectivity index (χ4v) is 10.6. The molecule has 1 unspecified atom stereocenters. The molecule has 9 aromatic rings. The lowest BCUT2D eigenvalue weighted by atomic mass is 9.64. The lowest BCUT2D eigenvalue weighted by molar-refractivity contribution is 0.588. The fraction of sp³-hybridized carbons (Fsp3) is 0.136. The third kappa shape index (κ3) is 5.27. The Morgan fingerprint density at radius 3 is 1.37 bits per heavy atom. The van der Waals surface area contributed by atoms with Crippen LogP contribution in [0.4, 0.5) is 0 Å². The summed E-state index contributed by atoms with van der Waals surface area (Å²) in [5, 5.41) is 0. The zero-order valence-corrected chi connectivity index (χ0v) is 35.7. The van der Waals surface area contributed by atoms with Crippen molar-refractivity contribution in [2.24, 2.45) is 0 Å². The van der Waals surface area contributed by atoms with E-state index in [0.29, 0.717) is 17.5 Å². The summed E-state index contributed by atoms with van der Waals surface area (Å²) in [6.07, 6.45) is 0. The topological polar surface area (TPSA) is 38.7 Å².